The molecule has 130 valence electrons. The summed E-state index contributed by atoms with van der Waals surface area (Å²) < 4.78 is 42.1. The fraction of sp³-hybridized carbons (Fsp3) is 0.167. The summed E-state index contributed by atoms with van der Waals surface area (Å²) in [5, 5.41) is 3.66. The zero-order valence-electron chi connectivity index (χ0n) is 13.3. The van der Waals surface area contributed by atoms with Crippen LogP contribution in [0, 0.1) is 0 Å². The van der Waals surface area contributed by atoms with Crippen LogP contribution in [0.15, 0.2) is 54.7 Å². The summed E-state index contributed by atoms with van der Waals surface area (Å²) in [5.41, 5.74) is 2.31. The molecule has 1 amide bonds. The first-order valence-electron chi connectivity index (χ1n) is 7.50. The molecule has 3 aromatic rings. The summed E-state index contributed by atoms with van der Waals surface area (Å²) >= 11 is 0. The molecule has 0 fully saturated rings. The van der Waals surface area contributed by atoms with Crippen molar-refractivity contribution in [2.45, 2.75) is 12.8 Å². The molecule has 1 aromatic heterocycles. The van der Waals surface area contributed by atoms with Crippen molar-refractivity contribution in [3.63, 3.8) is 0 Å². The lowest BCUT2D eigenvalue weighted by molar-refractivity contribution is -0.274. The largest absolute Gasteiger partial charge is 0.573 e. The molecule has 0 spiro atoms. The molecule has 0 aliphatic carbocycles. The van der Waals surface area contributed by atoms with Gasteiger partial charge in [0.05, 0.1) is 6.42 Å². The molecule has 3 rings (SSSR count). The van der Waals surface area contributed by atoms with Crippen molar-refractivity contribution in [1.82, 2.24) is 4.57 Å². The van der Waals surface area contributed by atoms with Crippen molar-refractivity contribution in [3.05, 3.63) is 60.3 Å². The van der Waals surface area contributed by atoms with Gasteiger partial charge in [0.15, 0.2) is 0 Å². The van der Waals surface area contributed by atoms with Crippen LogP contribution in [0.3, 0.4) is 0 Å². The van der Waals surface area contributed by atoms with Gasteiger partial charge in [-0.2, -0.15) is 0 Å². The maximum absolute atomic E-state index is 12.2. The molecule has 0 aliphatic rings. The molecule has 1 N–H and O–H groups in total. The third-order valence-corrected chi connectivity index (χ3v) is 3.70. The van der Waals surface area contributed by atoms with E-state index in [1.165, 1.54) is 12.1 Å². The Labute approximate surface area is 141 Å². The van der Waals surface area contributed by atoms with E-state index in [4.69, 9.17) is 0 Å². The Kier molecular flexibility index (Phi) is 4.39. The third kappa shape index (κ3) is 4.12. The summed E-state index contributed by atoms with van der Waals surface area (Å²) in [6.07, 6.45) is -2.67. The molecule has 1 heterocycles. The van der Waals surface area contributed by atoms with E-state index in [0.717, 1.165) is 28.6 Å². The van der Waals surface area contributed by atoms with E-state index in [9.17, 15) is 18.0 Å². The number of amides is 1. The summed E-state index contributed by atoms with van der Waals surface area (Å²) in [6.45, 7) is 0. The number of anilines is 1. The Morgan fingerprint density at radius 3 is 2.48 bits per heavy atom. The number of rotatable bonds is 4. The van der Waals surface area contributed by atoms with Gasteiger partial charge in [0, 0.05) is 29.8 Å². The van der Waals surface area contributed by atoms with Gasteiger partial charge in [0.25, 0.3) is 0 Å². The highest BCUT2D eigenvalue weighted by Gasteiger charge is 2.30. The van der Waals surface area contributed by atoms with Crippen molar-refractivity contribution in [3.8, 4) is 5.75 Å². The Hall–Kier alpha value is -2.96. The Morgan fingerprint density at radius 1 is 1.12 bits per heavy atom. The second-order valence-corrected chi connectivity index (χ2v) is 5.58. The van der Waals surface area contributed by atoms with Crippen LogP contribution in [-0.2, 0) is 18.3 Å². The zero-order valence-corrected chi connectivity index (χ0v) is 13.3. The number of carbonyl (C=O) groups excluding carboxylic acids is 1. The van der Waals surface area contributed by atoms with E-state index in [0.29, 0.717) is 5.69 Å². The highest BCUT2D eigenvalue weighted by molar-refractivity contribution is 5.96. The zero-order chi connectivity index (χ0) is 18.0. The summed E-state index contributed by atoms with van der Waals surface area (Å²) in [7, 11) is 1.91. The third-order valence-electron chi connectivity index (χ3n) is 3.70. The van der Waals surface area contributed by atoms with E-state index >= 15 is 0 Å². The first-order chi connectivity index (χ1) is 11.8. The van der Waals surface area contributed by atoms with Gasteiger partial charge < -0.3 is 14.6 Å². The normalized spacial score (nSPS) is 11.5. The van der Waals surface area contributed by atoms with Crippen LogP contribution in [0.2, 0.25) is 0 Å². The molecule has 7 heteroatoms. The van der Waals surface area contributed by atoms with Crippen molar-refractivity contribution in [1.29, 1.82) is 0 Å². The van der Waals surface area contributed by atoms with Gasteiger partial charge in [-0.15, -0.1) is 13.2 Å². The van der Waals surface area contributed by atoms with Gasteiger partial charge in [-0.3, -0.25) is 4.79 Å². The first-order valence-corrected chi connectivity index (χ1v) is 7.50. The minimum Gasteiger partial charge on any atom is -0.406 e. The van der Waals surface area contributed by atoms with Gasteiger partial charge in [-0.05, 0) is 35.9 Å². The Balaban J connectivity index is 1.68. The number of halogens is 3. The quantitative estimate of drug-likeness (QED) is 0.766. The summed E-state index contributed by atoms with van der Waals surface area (Å²) in [4.78, 5) is 12.2. The minimum absolute atomic E-state index is 0.169. The van der Waals surface area contributed by atoms with Crippen LogP contribution >= 0.6 is 0 Å². The molecule has 0 saturated carbocycles. The molecular formula is C18H15F3N2O2. The van der Waals surface area contributed by atoms with E-state index in [1.807, 2.05) is 42.1 Å². The van der Waals surface area contributed by atoms with Crippen molar-refractivity contribution in [2.75, 3.05) is 5.32 Å². The van der Waals surface area contributed by atoms with Crippen molar-refractivity contribution >= 4 is 22.5 Å². The van der Waals surface area contributed by atoms with Crippen LogP contribution in [-0.4, -0.2) is 16.8 Å². The molecule has 0 aliphatic heterocycles. The highest BCUT2D eigenvalue weighted by Crippen LogP contribution is 2.24. The second-order valence-electron chi connectivity index (χ2n) is 5.58. The molecule has 4 nitrogen and oxygen atoms in total. The SMILES string of the molecule is Cn1cc(CC(=O)Nc2ccc(OC(F)(F)F)cc2)c2ccccc21. The number of benzene rings is 2. The topological polar surface area (TPSA) is 43.3 Å². The number of alkyl halides is 3. The maximum Gasteiger partial charge on any atom is 0.573 e. The lowest BCUT2D eigenvalue weighted by Crippen LogP contribution is -2.17. The Bertz CT molecular complexity index is 899. The van der Waals surface area contributed by atoms with Gasteiger partial charge in [-0.1, -0.05) is 18.2 Å². The first kappa shape index (κ1) is 16.9. The summed E-state index contributed by atoms with van der Waals surface area (Å²) in [5.74, 6) is -0.583. The number of ether oxygens (including phenoxy) is 1. The lowest BCUT2D eigenvalue weighted by Gasteiger charge is -2.10. The van der Waals surface area contributed by atoms with Crippen molar-refractivity contribution in [2.24, 2.45) is 7.05 Å². The number of carbonyl (C=O) groups is 1. The number of nitrogens with one attached hydrogen (secondary N) is 1. The van der Waals surface area contributed by atoms with E-state index in [-0.39, 0.29) is 18.1 Å². The fourth-order valence-corrected chi connectivity index (χ4v) is 2.68. The monoisotopic (exact) mass is 348 g/mol. The molecule has 2 aromatic carbocycles. The van der Waals surface area contributed by atoms with Crippen LogP contribution in [0.5, 0.6) is 5.75 Å². The average molecular weight is 348 g/mol. The predicted octanol–water partition coefficient (Wildman–Crippen LogP) is 4.26. The highest BCUT2D eigenvalue weighted by atomic mass is 19.4. The van der Waals surface area contributed by atoms with Gasteiger partial charge >= 0.3 is 6.36 Å². The number of para-hydroxylation sites is 1. The smallest absolute Gasteiger partial charge is 0.406 e. The number of aromatic nitrogens is 1. The standard InChI is InChI=1S/C18H15F3N2O2/c1-23-11-12(15-4-2-3-5-16(15)23)10-17(24)22-13-6-8-14(9-7-13)25-18(19,20)21/h2-9,11H,10H2,1H3,(H,22,24). The van der Waals surface area contributed by atoms with Crippen LogP contribution < -0.4 is 10.1 Å². The Morgan fingerprint density at radius 2 is 1.80 bits per heavy atom. The van der Waals surface area contributed by atoms with E-state index in [1.54, 1.807) is 0 Å². The number of nitrogens with zero attached hydrogens (tertiary/aromatic N) is 1. The lowest BCUT2D eigenvalue weighted by atomic mass is 10.1. The molecule has 0 unspecified atom stereocenters. The number of fused-ring (bicyclic) bond motifs is 1. The summed E-state index contributed by atoms with van der Waals surface area (Å²) in [6, 6.07) is 12.8. The molecule has 0 saturated heterocycles. The van der Waals surface area contributed by atoms with Gasteiger partial charge in [0.1, 0.15) is 5.75 Å². The van der Waals surface area contributed by atoms with Gasteiger partial charge in [-0.25, -0.2) is 0 Å². The number of hydrogen-bond donors (Lipinski definition) is 1. The maximum atomic E-state index is 12.2. The van der Waals surface area contributed by atoms with Crippen LogP contribution in [0.4, 0.5) is 18.9 Å². The predicted molar refractivity (Wildman–Crippen MR) is 88.4 cm³/mol. The molecule has 0 bridgehead atoms. The number of aryl methyl sites for hydroxylation is 1. The van der Waals surface area contributed by atoms with E-state index in [2.05, 4.69) is 10.1 Å². The second kappa shape index (κ2) is 6.51. The van der Waals surface area contributed by atoms with Crippen LogP contribution in [0.1, 0.15) is 5.56 Å². The number of hydrogen-bond acceptors (Lipinski definition) is 2. The molecule has 0 atom stereocenters. The molecular weight excluding hydrogens is 333 g/mol. The minimum atomic E-state index is -4.74. The average Bonchev–Trinajstić information content (AvgIpc) is 2.84. The van der Waals surface area contributed by atoms with Crippen molar-refractivity contribution < 1.29 is 22.7 Å². The molecule has 25 heavy (non-hydrogen) atoms. The van der Waals surface area contributed by atoms with Gasteiger partial charge in [0.2, 0.25) is 5.91 Å². The van der Waals surface area contributed by atoms with E-state index < -0.39 is 6.36 Å². The van der Waals surface area contributed by atoms with Crippen LogP contribution in [0.25, 0.3) is 10.9 Å². The fourth-order valence-electron chi connectivity index (χ4n) is 2.68. The molecule has 0 radical (unpaired) electrons.